The largest absolute Gasteiger partial charge is 0.481 e. The van der Waals surface area contributed by atoms with Crippen molar-refractivity contribution in [1.29, 1.82) is 0 Å². The number of rotatable bonds is 7. The Kier molecular flexibility index (Phi) is 6.37. The molecule has 0 aliphatic carbocycles. The molecule has 2 rings (SSSR count). The summed E-state index contributed by atoms with van der Waals surface area (Å²) in [7, 11) is -3.82. The number of carboxylic acid groups (broad SMARTS) is 1. The van der Waals surface area contributed by atoms with Gasteiger partial charge in [0.1, 0.15) is 0 Å². The Labute approximate surface area is 152 Å². The normalized spacial score (nSPS) is 16.4. The van der Waals surface area contributed by atoms with E-state index in [9.17, 15) is 23.1 Å². The number of benzene rings is 1. The molecule has 1 aromatic rings. The van der Waals surface area contributed by atoms with E-state index in [1.165, 1.54) is 24.3 Å². The minimum atomic E-state index is -3.82. The van der Waals surface area contributed by atoms with Crippen LogP contribution in [-0.4, -0.2) is 51.7 Å². The predicted octanol–water partition coefficient (Wildman–Crippen LogP) is 0.209. The minimum absolute atomic E-state index is 0.0587. The van der Waals surface area contributed by atoms with Gasteiger partial charge in [-0.1, -0.05) is 12.0 Å². The summed E-state index contributed by atoms with van der Waals surface area (Å²) in [6.07, 6.45) is 5.64. The number of hydrogen-bond acceptors (Lipinski definition) is 5. The van der Waals surface area contributed by atoms with Gasteiger partial charge in [0.25, 0.3) is 5.91 Å². The molecule has 1 aliphatic heterocycles. The summed E-state index contributed by atoms with van der Waals surface area (Å²) >= 11 is 0. The van der Waals surface area contributed by atoms with Crippen LogP contribution in [0.1, 0.15) is 23.2 Å². The van der Waals surface area contributed by atoms with Gasteiger partial charge in [-0.2, -0.15) is 4.72 Å². The summed E-state index contributed by atoms with van der Waals surface area (Å²) in [6.45, 7) is 0.409. The summed E-state index contributed by atoms with van der Waals surface area (Å²) in [6, 6.07) is 5.44. The van der Waals surface area contributed by atoms with Gasteiger partial charge in [0, 0.05) is 25.3 Å². The van der Waals surface area contributed by atoms with Crippen LogP contribution in [0.3, 0.4) is 0 Å². The van der Waals surface area contributed by atoms with E-state index in [2.05, 4.69) is 16.0 Å². The lowest BCUT2D eigenvalue weighted by Crippen LogP contribution is -2.46. The Balaban J connectivity index is 2.11. The van der Waals surface area contributed by atoms with Crippen molar-refractivity contribution < 1.29 is 27.9 Å². The van der Waals surface area contributed by atoms with Crippen LogP contribution < -0.4 is 10.0 Å². The zero-order valence-corrected chi connectivity index (χ0v) is 14.8. The third kappa shape index (κ3) is 4.60. The SMILES string of the molecule is C#CCNS(=O)(=O)c1cccc(C(=O)NCC2(C(=O)O)CCOCC2)c1. The molecule has 1 aromatic carbocycles. The van der Waals surface area contributed by atoms with Gasteiger partial charge >= 0.3 is 5.97 Å². The Morgan fingerprint density at radius 2 is 2.00 bits per heavy atom. The van der Waals surface area contributed by atoms with E-state index in [4.69, 9.17) is 11.2 Å². The van der Waals surface area contributed by atoms with Gasteiger partial charge in [-0.3, -0.25) is 9.59 Å². The first-order valence-corrected chi connectivity index (χ1v) is 9.42. The molecule has 0 spiro atoms. The number of nitrogens with one attached hydrogen (secondary N) is 2. The minimum Gasteiger partial charge on any atom is -0.481 e. The monoisotopic (exact) mass is 380 g/mol. The summed E-state index contributed by atoms with van der Waals surface area (Å²) < 4.78 is 31.6. The van der Waals surface area contributed by atoms with Crippen LogP contribution in [0, 0.1) is 17.8 Å². The quantitative estimate of drug-likeness (QED) is 0.581. The number of ether oxygens (including phenoxy) is 1. The molecule has 0 unspecified atom stereocenters. The smallest absolute Gasteiger partial charge is 0.311 e. The number of carbonyl (C=O) groups excluding carboxylic acids is 1. The molecule has 8 nitrogen and oxygen atoms in total. The maximum absolute atomic E-state index is 12.4. The second-order valence-electron chi connectivity index (χ2n) is 5.94. The van der Waals surface area contributed by atoms with Gasteiger partial charge in [0.05, 0.1) is 16.9 Å². The third-order valence-electron chi connectivity index (χ3n) is 4.26. The second-order valence-corrected chi connectivity index (χ2v) is 7.70. The Morgan fingerprint density at radius 3 is 2.62 bits per heavy atom. The molecule has 0 saturated carbocycles. The van der Waals surface area contributed by atoms with Gasteiger partial charge in [-0.05, 0) is 31.0 Å². The zero-order chi connectivity index (χ0) is 19.2. The highest BCUT2D eigenvalue weighted by atomic mass is 32.2. The average Bonchev–Trinajstić information content (AvgIpc) is 2.65. The van der Waals surface area contributed by atoms with Crippen LogP contribution in [0.15, 0.2) is 29.2 Å². The van der Waals surface area contributed by atoms with Crippen LogP contribution in [0.2, 0.25) is 0 Å². The highest BCUT2D eigenvalue weighted by molar-refractivity contribution is 7.89. The van der Waals surface area contributed by atoms with E-state index in [0.717, 1.165) is 0 Å². The zero-order valence-electron chi connectivity index (χ0n) is 14.0. The van der Waals surface area contributed by atoms with Crippen LogP contribution in [0.25, 0.3) is 0 Å². The molecule has 1 fully saturated rings. The molecule has 1 amide bonds. The first-order chi connectivity index (χ1) is 12.3. The number of aliphatic carboxylic acids is 1. The highest BCUT2D eigenvalue weighted by Crippen LogP contribution is 2.30. The van der Waals surface area contributed by atoms with Crippen LogP contribution in [-0.2, 0) is 19.6 Å². The predicted molar refractivity (Wildman–Crippen MR) is 92.9 cm³/mol. The fourth-order valence-electron chi connectivity index (χ4n) is 2.60. The van der Waals surface area contributed by atoms with Crippen LogP contribution in [0.5, 0.6) is 0 Å². The van der Waals surface area contributed by atoms with Crippen molar-refractivity contribution in [2.24, 2.45) is 5.41 Å². The fourth-order valence-corrected chi connectivity index (χ4v) is 3.58. The second kappa shape index (κ2) is 8.31. The number of amides is 1. The van der Waals surface area contributed by atoms with E-state index in [0.29, 0.717) is 26.1 Å². The van der Waals surface area contributed by atoms with E-state index in [1.807, 2.05) is 0 Å². The molecule has 9 heteroatoms. The number of sulfonamides is 1. The van der Waals surface area contributed by atoms with Crippen LogP contribution in [0.4, 0.5) is 0 Å². The Morgan fingerprint density at radius 1 is 1.31 bits per heavy atom. The van der Waals surface area contributed by atoms with Gasteiger partial charge in [0.2, 0.25) is 10.0 Å². The number of terminal acetylenes is 1. The van der Waals surface area contributed by atoms with Crippen molar-refractivity contribution in [2.75, 3.05) is 26.3 Å². The average molecular weight is 380 g/mol. The molecule has 0 bridgehead atoms. The summed E-state index contributed by atoms with van der Waals surface area (Å²) in [5.74, 6) is 0.627. The van der Waals surface area contributed by atoms with Gasteiger partial charge < -0.3 is 15.2 Å². The molecule has 1 aliphatic rings. The van der Waals surface area contributed by atoms with Gasteiger partial charge in [-0.15, -0.1) is 6.42 Å². The van der Waals surface area contributed by atoms with Gasteiger partial charge in [-0.25, -0.2) is 8.42 Å². The summed E-state index contributed by atoms with van der Waals surface area (Å²) in [5.41, 5.74) is -0.965. The maximum Gasteiger partial charge on any atom is 0.311 e. The fraction of sp³-hybridized carbons (Fsp3) is 0.412. The van der Waals surface area contributed by atoms with E-state index in [1.54, 1.807) is 0 Å². The van der Waals surface area contributed by atoms with E-state index < -0.39 is 27.3 Å². The molecule has 140 valence electrons. The lowest BCUT2D eigenvalue weighted by molar-refractivity contribution is -0.154. The number of carboxylic acids is 1. The lowest BCUT2D eigenvalue weighted by atomic mass is 9.80. The highest BCUT2D eigenvalue weighted by Gasteiger charge is 2.40. The van der Waals surface area contributed by atoms with E-state index in [-0.39, 0.29) is 23.5 Å². The molecular formula is C17H20N2O6S. The summed E-state index contributed by atoms with van der Waals surface area (Å²) in [5, 5.41) is 12.1. The molecule has 3 N–H and O–H groups in total. The molecule has 26 heavy (non-hydrogen) atoms. The van der Waals surface area contributed by atoms with E-state index >= 15 is 0 Å². The van der Waals surface area contributed by atoms with Crippen molar-refractivity contribution in [3.8, 4) is 12.3 Å². The standard InChI is InChI=1S/C17H20N2O6S/c1-2-8-19-26(23,24)14-5-3-4-13(11-14)15(20)18-12-17(16(21)22)6-9-25-10-7-17/h1,3-5,11,19H,6-10,12H2,(H,18,20)(H,21,22). The molecule has 0 radical (unpaired) electrons. The topological polar surface area (TPSA) is 122 Å². The number of hydrogen-bond donors (Lipinski definition) is 3. The number of carbonyl (C=O) groups is 2. The molecule has 1 heterocycles. The Hall–Kier alpha value is -2.41. The summed E-state index contributed by atoms with van der Waals surface area (Å²) in [4.78, 5) is 23.9. The van der Waals surface area contributed by atoms with Gasteiger partial charge in [0.15, 0.2) is 0 Å². The molecular weight excluding hydrogens is 360 g/mol. The first-order valence-electron chi connectivity index (χ1n) is 7.93. The molecule has 0 aromatic heterocycles. The van der Waals surface area contributed by atoms with Crippen molar-refractivity contribution >= 4 is 21.9 Å². The first kappa shape index (κ1) is 19.9. The Bertz CT molecular complexity index is 822. The lowest BCUT2D eigenvalue weighted by Gasteiger charge is -2.33. The van der Waals surface area contributed by atoms with Crippen molar-refractivity contribution in [3.63, 3.8) is 0 Å². The molecule has 0 atom stereocenters. The maximum atomic E-state index is 12.4. The third-order valence-corrected chi connectivity index (χ3v) is 5.66. The molecule has 1 saturated heterocycles. The van der Waals surface area contributed by atoms with Crippen LogP contribution >= 0.6 is 0 Å². The van der Waals surface area contributed by atoms with Crippen molar-refractivity contribution in [1.82, 2.24) is 10.0 Å². The van der Waals surface area contributed by atoms with Crippen molar-refractivity contribution in [3.05, 3.63) is 29.8 Å². The van der Waals surface area contributed by atoms with Crippen molar-refractivity contribution in [2.45, 2.75) is 17.7 Å².